The monoisotopic (exact) mass is 458 g/mol. The van der Waals surface area contributed by atoms with Crippen LogP contribution in [-0.2, 0) is 41.6 Å². The highest BCUT2D eigenvalue weighted by atomic mass is 31.3. The molecule has 0 aromatic carbocycles. The first-order valence-electron chi connectivity index (χ1n) is 8.67. The van der Waals surface area contributed by atoms with Gasteiger partial charge in [-0.3, -0.25) is 9.05 Å². The highest BCUT2D eigenvalue weighted by molar-refractivity contribution is 7.61. The molecule has 0 saturated carbocycles. The van der Waals surface area contributed by atoms with Gasteiger partial charge in [-0.05, 0) is 39.5 Å². The molecular formula is C16H28O11P2. The fourth-order valence-electron chi connectivity index (χ4n) is 1.55. The average Bonchev–Trinajstić information content (AvgIpc) is 2.58. The molecule has 0 unspecified atom stereocenters. The lowest BCUT2D eigenvalue weighted by Crippen LogP contribution is -2.08. The number of rotatable bonds is 16. The van der Waals surface area contributed by atoms with Crippen LogP contribution in [0.1, 0.15) is 39.5 Å². The number of carbonyl (C=O) groups excluding carboxylic acids is 2. The van der Waals surface area contributed by atoms with Gasteiger partial charge >= 0.3 is 27.6 Å². The summed E-state index contributed by atoms with van der Waals surface area (Å²) in [4.78, 5) is 40.2. The molecule has 2 N–H and O–H groups in total. The van der Waals surface area contributed by atoms with E-state index in [1.54, 1.807) is 0 Å². The normalized spacial score (nSPS) is 11.7. The lowest BCUT2D eigenvalue weighted by Gasteiger charge is -2.18. The van der Waals surface area contributed by atoms with E-state index in [0.29, 0.717) is 12.8 Å². The second-order valence-electron chi connectivity index (χ2n) is 5.93. The highest BCUT2D eigenvalue weighted by Gasteiger charge is 2.35. The summed E-state index contributed by atoms with van der Waals surface area (Å²) in [5.41, 5.74) is 0.507. The molecule has 0 amide bonds. The summed E-state index contributed by atoms with van der Waals surface area (Å²) in [6.45, 7) is 9.59. The fourth-order valence-corrected chi connectivity index (χ4v) is 3.75. The number of unbranched alkanes of at least 4 members (excludes halogenated alkanes) is 2. The fraction of sp³-hybridized carbons (Fsp3) is 0.625. The first-order valence-corrected chi connectivity index (χ1v) is 11.7. The molecule has 0 aliphatic rings. The van der Waals surface area contributed by atoms with Gasteiger partial charge < -0.3 is 19.3 Å². The third-order valence-electron chi connectivity index (χ3n) is 2.95. The molecule has 168 valence electrons. The number of esters is 2. The summed E-state index contributed by atoms with van der Waals surface area (Å²) in [7, 11) is -9.64. The van der Waals surface area contributed by atoms with Gasteiger partial charge in [-0.15, -0.1) is 0 Å². The van der Waals surface area contributed by atoms with E-state index < -0.39 is 27.6 Å². The van der Waals surface area contributed by atoms with E-state index in [9.17, 15) is 18.7 Å². The molecule has 0 rings (SSSR count). The Bertz CT molecular complexity index is 626. The Morgan fingerprint density at radius 1 is 0.759 bits per heavy atom. The molecule has 0 fully saturated rings. The third-order valence-corrected chi connectivity index (χ3v) is 5.59. The van der Waals surface area contributed by atoms with Crippen molar-refractivity contribution in [2.45, 2.75) is 39.5 Å². The van der Waals surface area contributed by atoms with Gasteiger partial charge in [0.25, 0.3) is 0 Å². The van der Waals surface area contributed by atoms with Crippen molar-refractivity contribution in [1.29, 1.82) is 0 Å². The second-order valence-corrected chi connectivity index (χ2v) is 8.98. The molecular weight excluding hydrogens is 430 g/mol. The number of hydrogen-bond donors (Lipinski definition) is 2. The molecule has 11 nitrogen and oxygen atoms in total. The Morgan fingerprint density at radius 3 is 1.41 bits per heavy atom. The van der Waals surface area contributed by atoms with Crippen molar-refractivity contribution in [1.82, 2.24) is 0 Å². The number of phosphoric ester groups is 1. The van der Waals surface area contributed by atoms with Gasteiger partial charge in [0, 0.05) is 11.1 Å². The number of carbonyl (C=O) groups is 2. The SMILES string of the molecule is C=C(C)C(=O)OCCCCOP(=O)(OCCCCOC(=O)C(=C)C)OP(=O)(O)O. The molecule has 0 aromatic heterocycles. The van der Waals surface area contributed by atoms with Crippen LogP contribution >= 0.6 is 15.6 Å². The summed E-state index contributed by atoms with van der Waals surface area (Å²) >= 11 is 0. The molecule has 29 heavy (non-hydrogen) atoms. The maximum atomic E-state index is 12.3. The van der Waals surface area contributed by atoms with Crippen LogP contribution in [0.5, 0.6) is 0 Å². The molecule has 0 aliphatic heterocycles. The van der Waals surface area contributed by atoms with Crippen LogP contribution in [0.15, 0.2) is 24.3 Å². The van der Waals surface area contributed by atoms with Crippen LogP contribution in [0.2, 0.25) is 0 Å². The quantitative estimate of drug-likeness (QED) is 0.152. The Hall–Kier alpha value is -1.32. The Morgan fingerprint density at radius 2 is 1.10 bits per heavy atom. The zero-order chi connectivity index (χ0) is 22.5. The summed E-state index contributed by atoms with van der Waals surface area (Å²) in [6, 6.07) is 0. The van der Waals surface area contributed by atoms with Crippen LogP contribution in [0, 0.1) is 0 Å². The predicted octanol–water partition coefficient (Wildman–Crippen LogP) is 3.04. The molecule has 0 aromatic rings. The zero-order valence-electron chi connectivity index (χ0n) is 16.5. The van der Waals surface area contributed by atoms with Gasteiger partial charge in [0.15, 0.2) is 0 Å². The van der Waals surface area contributed by atoms with Crippen molar-refractivity contribution in [3.63, 3.8) is 0 Å². The van der Waals surface area contributed by atoms with Gasteiger partial charge in [0.05, 0.1) is 26.4 Å². The van der Waals surface area contributed by atoms with Gasteiger partial charge in [-0.2, -0.15) is 4.31 Å². The van der Waals surface area contributed by atoms with E-state index >= 15 is 0 Å². The summed E-state index contributed by atoms with van der Waals surface area (Å²) in [5.74, 6) is -1.09. The lowest BCUT2D eigenvalue weighted by atomic mass is 10.3. The van der Waals surface area contributed by atoms with Crippen molar-refractivity contribution in [3.05, 3.63) is 24.3 Å². The lowest BCUT2D eigenvalue weighted by molar-refractivity contribution is -0.139. The number of hydrogen-bond acceptors (Lipinski definition) is 9. The largest absolute Gasteiger partial charge is 0.483 e. The number of ether oxygens (including phenoxy) is 2. The maximum Gasteiger partial charge on any atom is 0.483 e. The van der Waals surface area contributed by atoms with E-state index in [0.717, 1.165) is 0 Å². The average molecular weight is 458 g/mol. The minimum atomic E-state index is -5.13. The first-order chi connectivity index (χ1) is 13.4. The predicted molar refractivity (Wildman–Crippen MR) is 103 cm³/mol. The van der Waals surface area contributed by atoms with Crippen LogP contribution in [0.4, 0.5) is 0 Å². The van der Waals surface area contributed by atoms with E-state index in [2.05, 4.69) is 17.5 Å². The molecule has 0 bridgehead atoms. The van der Waals surface area contributed by atoms with Crippen molar-refractivity contribution >= 4 is 27.6 Å². The van der Waals surface area contributed by atoms with Gasteiger partial charge in [-0.25, -0.2) is 18.7 Å². The molecule has 0 atom stereocenters. The second kappa shape index (κ2) is 13.8. The van der Waals surface area contributed by atoms with Crippen LogP contribution in [0.3, 0.4) is 0 Å². The van der Waals surface area contributed by atoms with E-state index in [4.69, 9.17) is 28.3 Å². The third kappa shape index (κ3) is 15.2. The molecule has 0 radical (unpaired) electrons. The first kappa shape index (κ1) is 27.7. The van der Waals surface area contributed by atoms with E-state index in [1.807, 2.05) is 0 Å². The van der Waals surface area contributed by atoms with Crippen LogP contribution in [-0.4, -0.2) is 48.2 Å². The minimum Gasteiger partial charge on any atom is -0.462 e. The summed E-state index contributed by atoms with van der Waals surface area (Å²) < 4.78 is 47.0. The van der Waals surface area contributed by atoms with Crippen molar-refractivity contribution < 1.29 is 51.3 Å². The Labute approximate surface area is 169 Å². The summed E-state index contributed by atoms with van der Waals surface area (Å²) in [6.07, 6.45) is 1.22. The minimum absolute atomic E-state index is 0.0719. The van der Waals surface area contributed by atoms with E-state index in [-0.39, 0.29) is 50.4 Å². The van der Waals surface area contributed by atoms with Gasteiger partial charge in [0.1, 0.15) is 0 Å². The topological polar surface area (TPSA) is 155 Å². The summed E-state index contributed by atoms with van der Waals surface area (Å²) in [5, 5.41) is 0. The highest BCUT2D eigenvalue weighted by Crippen LogP contribution is 2.61. The van der Waals surface area contributed by atoms with Crippen molar-refractivity contribution in [2.24, 2.45) is 0 Å². The molecule has 0 saturated heterocycles. The molecule has 0 spiro atoms. The van der Waals surface area contributed by atoms with Crippen molar-refractivity contribution in [2.75, 3.05) is 26.4 Å². The van der Waals surface area contributed by atoms with Gasteiger partial charge in [-0.1, -0.05) is 13.2 Å². The molecule has 13 heteroatoms. The standard InChI is InChI=1S/C16H28O11P2/c1-13(2)15(17)23-9-5-7-11-25-29(22,27-28(19,20)21)26-12-8-6-10-24-16(18)14(3)4/h1,3,5-12H2,2,4H3,(H2,19,20,21). The molecule has 0 heterocycles. The Kier molecular flexibility index (Phi) is 13.2. The van der Waals surface area contributed by atoms with Crippen molar-refractivity contribution in [3.8, 4) is 0 Å². The van der Waals surface area contributed by atoms with E-state index in [1.165, 1.54) is 13.8 Å². The zero-order valence-corrected chi connectivity index (χ0v) is 18.3. The van der Waals surface area contributed by atoms with Gasteiger partial charge in [0.2, 0.25) is 0 Å². The smallest absolute Gasteiger partial charge is 0.462 e. The van der Waals surface area contributed by atoms with Crippen LogP contribution < -0.4 is 0 Å². The molecule has 0 aliphatic carbocycles. The Balaban J connectivity index is 4.27. The number of phosphoric acid groups is 2. The van der Waals surface area contributed by atoms with Crippen LogP contribution in [0.25, 0.3) is 0 Å². The maximum absolute atomic E-state index is 12.3.